The number of methoxy groups -OCH3 is 1. The van der Waals surface area contributed by atoms with Crippen LogP contribution in [0.1, 0.15) is 53.2 Å². The van der Waals surface area contributed by atoms with Gasteiger partial charge in [-0.3, -0.25) is 14.2 Å². The van der Waals surface area contributed by atoms with E-state index in [2.05, 4.69) is 5.32 Å². The van der Waals surface area contributed by atoms with Crippen molar-refractivity contribution in [3.63, 3.8) is 0 Å². The van der Waals surface area contributed by atoms with E-state index in [4.69, 9.17) is 9.47 Å². The van der Waals surface area contributed by atoms with E-state index in [-0.39, 0.29) is 53.3 Å². The van der Waals surface area contributed by atoms with Crippen molar-refractivity contribution >= 4 is 17.7 Å². The molecule has 0 bridgehead atoms. The lowest BCUT2D eigenvalue weighted by molar-refractivity contribution is -0.145. The van der Waals surface area contributed by atoms with Gasteiger partial charge in [0.1, 0.15) is 5.82 Å². The van der Waals surface area contributed by atoms with Gasteiger partial charge in [-0.2, -0.15) is 13.2 Å². The molecule has 0 aliphatic carbocycles. The van der Waals surface area contributed by atoms with Gasteiger partial charge >= 0.3 is 12.1 Å². The highest BCUT2D eigenvalue weighted by Gasteiger charge is 2.39. The Labute approximate surface area is 284 Å². The lowest BCUT2D eigenvalue weighted by Gasteiger charge is -2.29. The van der Waals surface area contributed by atoms with Crippen molar-refractivity contribution in [1.29, 1.82) is 0 Å². The van der Waals surface area contributed by atoms with Gasteiger partial charge in [-0.15, -0.1) is 11.8 Å². The summed E-state index contributed by atoms with van der Waals surface area (Å²) in [6, 6.07) is 14.7. The number of nitrogens with zero attached hydrogens (tertiary/aromatic N) is 1. The van der Waals surface area contributed by atoms with E-state index in [1.165, 1.54) is 48.6 Å². The van der Waals surface area contributed by atoms with Crippen LogP contribution in [0.5, 0.6) is 5.75 Å². The van der Waals surface area contributed by atoms with Crippen molar-refractivity contribution in [1.82, 2.24) is 9.88 Å². The highest BCUT2D eigenvalue weighted by Crippen LogP contribution is 2.45. The van der Waals surface area contributed by atoms with Crippen LogP contribution in [0.25, 0.3) is 11.1 Å². The zero-order valence-corrected chi connectivity index (χ0v) is 27.8. The summed E-state index contributed by atoms with van der Waals surface area (Å²) in [7, 11) is 1.27. The van der Waals surface area contributed by atoms with E-state index in [1.807, 2.05) is 12.1 Å². The molecule has 4 aromatic rings. The second-order valence-corrected chi connectivity index (χ2v) is 12.6. The Bertz CT molecular complexity index is 1880. The highest BCUT2D eigenvalue weighted by molar-refractivity contribution is 7.99. The molecule has 7 nitrogen and oxygen atoms in total. The number of ether oxygens (including phenoxy) is 2. The number of alkyl halides is 3. The largest absolute Gasteiger partial charge is 0.494 e. The van der Waals surface area contributed by atoms with Crippen LogP contribution in [0, 0.1) is 18.6 Å². The minimum atomic E-state index is -4.86. The first-order valence-electron chi connectivity index (χ1n) is 15.6. The van der Waals surface area contributed by atoms with Crippen molar-refractivity contribution in [2.24, 2.45) is 0 Å². The van der Waals surface area contributed by atoms with E-state index in [9.17, 15) is 27.9 Å². The van der Waals surface area contributed by atoms with Crippen molar-refractivity contribution in [2.45, 2.75) is 56.1 Å². The molecule has 1 aromatic heterocycles. The number of rotatable bonds is 12. The lowest BCUT2D eigenvalue weighted by atomic mass is 9.91. The Morgan fingerprint density at radius 1 is 1.06 bits per heavy atom. The average molecular weight is 703 g/mol. The van der Waals surface area contributed by atoms with Gasteiger partial charge in [-0.05, 0) is 48.7 Å². The third-order valence-electron chi connectivity index (χ3n) is 8.51. The van der Waals surface area contributed by atoms with Crippen LogP contribution in [0.3, 0.4) is 0 Å². The van der Waals surface area contributed by atoms with Gasteiger partial charge < -0.3 is 19.9 Å². The first-order valence-corrected chi connectivity index (χ1v) is 16.6. The summed E-state index contributed by atoms with van der Waals surface area (Å²) < 4.78 is 85.0. The molecule has 0 saturated carbocycles. The summed E-state index contributed by atoms with van der Waals surface area (Å²) in [5, 5.41) is 14.2. The molecule has 0 radical (unpaired) electrons. The van der Waals surface area contributed by atoms with E-state index in [0.29, 0.717) is 5.03 Å². The molecule has 0 amide bonds. The number of carbonyl (C=O) groups is 1. The molecule has 260 valence electrons. The van der Waals surface area contributed by atoms with Crippen molar-refractivity contribution in [3.05, 3.63) is 117 Å². The molecule has 0 fully saturated rings. The Kier molecular flexibility index (Phi) is 11.2. The molecule has 13 heteroatoms. The van der Waals surface area contributed by atoms with E-state index in [1.54, 1.807) is 25.1 Å². The third-order valence-corrected chi connectivity index (χ3v) is 9.74. The first kappa shape index (κ1) is 36.1. The Morgan fingerprint density at radius 3 is 2.45 bits per heavy atom. The molecule has 0 spiro atoms. The number of aliphatic hydroxyl groups excluding tert-OH is 1. The molecule has 0 saturated heterocycles. The Morgan fingerprint density at radius 2 is 1.78 bits per heavy atom. The van der Waals surface area contributed by atoms with Crippen LogP contribution < -0.4 is 15.6 Å². The number of aromatic nitrogens is 1. The molecule has 2 heterocycles. The number of hydrogen-bond donors (Lipinski definition) is 2. The number of esters is 1. The molecule has 3 atom stereocenters. The monoisotopic (exact) mass is 702 g/mol. The predicted octanol–water partition coefficient (Wildman–Crippen LogP) is 7.01. The molecular formula is C36H35F5N2O5S. The average Bonchev–Trinajstić information content (AvgIpc) is 3.49. The van der Waals surface area contributed by atoms with Crippen LogP contribution >= 0.6 is 11.8 Å². The number of pyridine rings is 1. The summed E-state index contributed by atoms with van der Waals surface area (Å²) in [6.45, 7) is 3.26. The number of nitrogens with one attached hydrogen (secondary N) is 1. The summed E-state index contributed by atoms with van der Waals surface area (Å²) in [6.07, 6.45) is -6.79. The molecule has 5 rings (SSSR count). The number of hydrogen-bond acceptors (Lipinski definition) is 7. The molecule has 2 N–H and O–H groups in total. The Balaban J connectivity index is 1.71. The number of halogens is 5. The van der Waals surface area contributed by atoms with Gasteiger partial charge in [0.2, 0.25) is 0 Å². The fourth-order valence-electron chi connectivity index (χ4n) is 6.22. The van der Waals surface area contributed by atoms with Gasteiger partial charge in [0, 0.05) is 29.8 Å². The number of carbonyl (C=O) groups excluding carboxylic acids is 1. The normalized spacial score (nSPS) is 15.5. The minimum Gasteiger partial charge on any atom is -0.494 e. The van der Waals surface area contributed by atoms with Crippen molar-refractivity contribution < 1.29 is 41.3 Å². The topological polar surface area (TPSA) is 89.8 Å². The number of thioether (sulfide) groups is 1. The summed E-state index contributed by atoms with van der Waals surface area (Å²) in [5.41, 5.74) is -1.38. The van der Waals surface area contributed by atoms with Gasteiger partial charge in [0.25, 0.3) is 5.56 Å². The molecule has 3 aromatic carbocycles. The summed E-state index contributed by atoms with van der Waals surface area (Å²) in [5.74, 6) is -2.35. The number of fused-ring (bicyclic) bond motifs is 1. The van der Waals surface area contributed by atoms with Gasteiger partial charge in [0.15, 0.2) is 11.6 Å². The minimum absolute atomic E-state index is 0.0656. The zero-order valence-electron chi connectivity index (χ0n) is 26.9. The smallest absolute Gasteiger partial charge is 0.416 e. The second kappa shape index (κ2) is 15.1. The van der Waals surface area contributed by atoms with Crippen molar-refractivity contribution in [2.75, 3.05) is 26.0 Å². The standard InChI is InChI=1S/C36H35F5N2O5S/c1-4-48-30(45)16-22(44)18-42-33(21-10-6-5-7-11-21)28-19-49-35-24(17-25-26(36(39,40)41)13-9-14-27(25)37)20(2)31(34(46)43(28)35)23-12-8-15-29(47-3)32(23)38/h5-15,22,28,33,42,44H,4,16-19H2,1-3H3. The molecular weight excluding hydrogens is 667 g/mol. The second-order valence-electron chi connectivity index (χ2n) is 11.6. The van der Waals surface area contributed by atoms with Crippen LogP contribution in [-0.2, 0) is 22.1 Å². The number of benzene rings is 3. The van der Waals surface area contributed by atoms with Crippen LogP contribution in [0.2, 0.25) is 0 Å². The third kappa shape index (κ3) is 7.53. The molecule has 49 heavy (non-hydrogen) atoms. The first-order chi connectivity index (χ1) is 23.4. The highest BCUT2D eigenvalue weighted by atomic mass is 32.2. The quantitative estimate of drug-likeness (QED) is 0.121. The summed E-state index contributed by atoms with van der Waals surface area (Å²) >= 11 is 1.22. The molecule has 1 aliphatic heterocycles. The summed E-state index contributed by atoms with van der Waals surface area (Å²) in [4.78, 5) is 26.6. The van der Waals surface area contributed by atoms with Crippen molar-refractivity contribution in [3.8, 4) is 16.9 Å². The van der Waals surface area contributed by atoms with Crippen LogP contribution in [0.4, 0.5) is 22.0 Å². The maximum absolute atomic E-state index is 15.8. The van der Waals surface area contributed by atoms with Crippen LogP contribution in [-0.4, -0.2) is 47.8 Å². The van der Waals surface area contributed by atoms with Gasteiger partial charge in [0.05, 0.1) is 54.5 Å². The predicted molar refractivity (Wildman–Crippen MR) is 176 cm³/mol. The van der Waals surface area contributed by atoms with E-state index >= 15 is 8.78 Å². The van der Waals surface area contributed by atoms with Crippen LogP contribution in [0.15, 0.2) is 76.6 Å². The Hall–Kier alpha value is -4.20. The SMILES string of the molecule is CCOC(=O)CC(O)CNC(c1ccccc1)C1CSc2c(Cc3c(F)cccc3C(F)(F)F)c(C)c(-c3cccc(OC)c3F)c(=O)n21. The lowest BCUT2D eigenvalue weighted by Crippen LogP contribution is -2.39. The maximum atomic E-state index is 15.8. The fourth-order valence-corrected chi connectivity index (χ4v) is 7.65. The zero-order chi connectivity index (χ0) is 35.5. The molecule has 1 aliphatic rings. The fraction of sp³-hybridized carbons (Fsp3) is 0.333. The van der Waals surface area contributed by atoms with E-state index < -0.39 is 65.1 Å². The van der Waals surface area contributed by atoms with Gasteiger partial charge in [-0.25, -0.2) is 8.78 Å². The number of aliphatic hydroxyl groups is 1. The van der Waals surface area contributed by atoms with Gasteiger partial charge in [-0.1, -0.05) is 48.5 Å². The van der Waals surface area contributed by atoms with E-state index in [0.717, 1.165) is 23.8 Å². The maximum Gasteiger partial charge on any atom is 0.416 e. The molecule has 3 unspecified atom stereocenters.